The van der Waals surface area contributed by atoms with E-state index in [-0.39, 0.29) is 4.40 Å². The second-order valence-corrected chi connectivity index (χ2v) is 4.07. The Kier molecular flexibility index (Phi) is 2.45. The number of amidine groups is 1. The van der Waals surface area contributed by atoms with Crippen LogP contribution in [0.15, 0.2) is 9.51 Å². The first-order valence-corrected chi connectivity index (χ1v) is 4.53. The second kappa shape index (κ2) is 2.66. The van der Waals surface area contributed by atoms with Gasteiger partial charge in [-0.05, 0) is 10.6 Å². The summed E-state index contributed by atoms with van der Waals surface area (Å²) >= 11 is 0. The van der Waals surface area contributed by atoms with Crippen LogP contribution < -0.4 is 0 Å². The summed E-state index contributed by atoms with van der Waals surface area (Å²) in [5.41, 5.74) is 7.44. The van der Waals surface area contributed by atoms with Crippen LogP contribution in [-0.2, 0) is 0 Å². The van der Waals surface area contributed by atoms with Crippen molar-refractivity contribution in [1.82, 2.24) is 0 Å². The Morgan fingerprint density at radius 3 is 1.67 bits per heavy atom. The fraction of sp³-hybridized carbons (Fsp3) is 0.500. The lowest BCUT2D eigenvalue weighted by Crippen LogP contribution is -2.22. The molecule has 0 aromatic heterocycles. The van der Waals surface area contributed by atoms with E-state index in [1.807, 2.05) is 0 Å². The third-order valence-electron chi connectivity index (χ3n) is 0.652. The summed E-state index contributed by atoms with van der Waals surface area (Å²) in [5.74, 6) is -3.29. The molecule has 4 nitrogen and oxygen atoms in total. The van der Waals surface area contributed by atoms with Crippen molar-refractivity contribution >= 4 is 16.2 Å². The molecule has 0 spiro atoms. The molecule has 0 rings (SSSR count). The number of alkyl halides is 3. The molecule has 13 heteroatoms. The monoisotopic (exact) mass is 264 g/mol. The molecule has 0 amide bonds. The highest BCUT2D eigenvalue weighted by atomic mass is 32.5. The highest BCUT2D eigenvalue weighted by molar-refractivity contribution is 8.44. The molecule has 90 valence electrons. The molecule has 0 aliphatic heterocycles. The Hall–Kier alpha value is -1.23. The van der Waals surface area contributed by atoms with Crippen molar-refractivity contribution in [3.05, 3.63) is 10.4 Å². The Morgan fingerprint density at radius 1 is 1.07 bits per heavy atom. The molecule has 0 saturated heterocycles. The zero-order valence-electron chi connectivity index (χ0n) is 6.22. The van der Waals surface area contributed by atoms with Gasteiger partial charge in [0.2, 0.25) is 5.84 Å². The van der Waals surface area contributed by atoms with Gasteiger partial charge in [-0.3, -0.25) is 0 Å². The van der Waals surface area contributed by atoms with Gasteiger partial charge in [-0.25, -0.2) is 0 Å². The third-order valence-corrected chi connectivity index (χ3v) is 1.17. The molecule has 0 aliphatic rings. The fourth-order valence-corrected chi connectivity index (χ4v) is 0.799. The number of nitrogens with zero attached hydrogens (tertiary/aromatic N) is 4. The van der Waals surface area contributed by atoms with Gasteiger partial charge in [0.15, 0.2) is 0 Å². The van der Waals surface area contributed by atoms with Crippen LogP contribution in [0.4, 0.5) is 32.6 Å². The van der Waals surface area contributed by atoms with Crippen molar-refractivity contribution in [2.24, 2.45) is 9.51 Å². The Bertz CT molecular complexity index is 340. The largest absolute Gasteiger partial charge is 0.436 e. The average molecular weight is 264 g/mol. The molecule has 0 aromatic carbocycles. The van der Waals surface area contributed by atoms with Crippen LogP contribution in [0.3, 0.4) is 0 Å². The topological polar surface area (TPSA) is 61.1 Å². The number of hydrogen-bond acceptors (Lipinski definition) is 1. The zero-order chi connectivity index (χ0) is 12.6. The molecule has 0 aliphatic carbocycles. The first-order valence-electron chi connectivity index (χ1n) is 2.62. The highest BCUT2D eigenvalue weighted by Crippen LogP contribution is 2.99. The smallest absolute Gasteiger partial charge is 0.165 e. The van der Waals surface area contributed by atoms with E-state index in [0.29, 0.717) is 0 Å². The minimum Gasteiger partial charge on any atom is -0.165 e. The van der Waals surface area contributed by atoms with Gasteiger partial charge in [-0.2, -0.15) is 13.2 Å². The van der Waals surface area contributed by atoms with Gasteiger partial charge < -0.3 is 0 Å². The van der Waals surface area contributed by atoms with Crippen LogP contribution >= 0.6 is 10.4 Å². The van der Waals surface area contributed by atoms with Crippen LogP contribution in [0, 0.1) is 0 Å². The number of rotatable bonds is 1. The molecule has 0 aromatic rings. The molecule has 0 radical (unpaired) electrons. The maximum Gasteiger partial charge on any atom is 0.436 e. The van der Waals surface area contributed by atoms with E-state index in [2.05, 4.69) is 0 Å². The van der Waals surface area contributed by atoms with Gasteiger partial charge >= 0.3 is 16.6 Å². The summed E-state index contributed by atoms with van der Waals surface area (Å²) in [6, 6.07) is 0. The quantitative estimate of drug-likeness (QED) is 0.167. The van der Waals surface area contributed by atoms with Gasteiger partial charge in [0.25, 0.3) is 0 Å². The predicted molar refractivity (Wildman–Crippen MR) is 35.8 cm³/mol. The predicted octanol–water partition coefficient (Wildman–Crippen LogP) is 4.47. The lowest BCUT2D eigenvalue weighted by atomic mass is 10.6. The lowest BCUT2D eigenvalue weighted by molar-refractivity contribution is -0.0598. The Balaban J connectivity index is 5.72. The van der Waals surface area contributed by atoms with Crippen molar-refractivity contribution < 1.29 is 32.6 Å². The molecule has 15 heavy (non-hydrogen) atoms. The standard InChI is InChI=1S/C2F8N4S/c3-2(4,5)1(12-14-11)13-15(6,7,8,9)10. The molecular formula is C2F8N4S. The maximum atomic E-state index is 11.6. The summed E-state index contributed by atoms with van der Waals surface area (Å²) in [4.78, 5) is 1.31. The van der Waals surface area contributed by atoms with Gasteiger partial charge in [-0.1, -0.05) is 19.4 Å². The zero-order valence-corrected chi connectivity index (χ0v) is 7.04. The first-order chi connectivity index (χ1) is 6.14. The highest BCUT2D eigenvalue weighted by Gasteiger charge is 2.65. The van der Waals surface area contributed by atoms with E-state index in [1.54, 1.807) is 0 Å². The van der Waals surface area contributed by atoms with Crippen LogP contribution in [0.1, 0.15) is 0 Å². The third kappa shape index (κ3) is 6.79. The van der Waals surface area contributed by atoms with Crippen molar-refractivity contribution in [1.29, 1.82) is 0 Å². The van der Waals surface area contributed by atoms with Gasteiger partial charge in [-0.15, -0.1) is 4.40 Å². The summed E-state index contributed by atoms with van der Waals surface area (Å²) in [6.45, 7) is 0. The summed E-state index contributed by atoms with van der Waals surface area (Å²) in [6.07, 6.45) is -5.92. The normalized spacial score (nSPS) is 18.8. The van der Waals surface area contributed by atoms with E-state index in [0.717, 1.165) is 0 Å². The average Bonchev–Trinajstić information content (AvgIpc) is 1.78. The SMILES string of the molecule is [N-]=[N+]=NC(=NS(F)(F)(F)(F)F)C(F)(F)F. The van der Waals surface area contributed by atoms with Crippen molar-refractivity contribution in [2.45, 2.75) is 6.18 Å². The molecule has 0 heterocycles. The molecular weight excluding hydrogens is 264 g/mol. The van der Waals surface area contributed by atoms with Gasteiger partial charge in [0, 0.05) is 4.91 Å². The van der Waals surface area contributed by atoms with E-state index >= 15 is 0 Å². The van der Waals surface area contributed by atoms with Crippen LogP contribution in [-0.4, -0.2) is 12.0 Å². The van der Waals surface area contributed by atoms with Gasteiger partial charge in [0.1, 0.15) is 0 Å². The Labute approximate surface area is 76.1 Å². The second-order valence-electron chi connectivity index (χ2n) is 2.03. The minimum absolute atomic E-state index is 0.290. The fourth-order valence-electron chi connectivity index (χ4n) is 0.332. The summed E-state index contributed by atoms with van der Waals surface area (Å²) in [7, 11) is -10.7. The van der Waals surface area contributed by atoms with E-state index in [1.165, 1.54) is 10.0 Å². The molecule has 0 saturated carbocycles. The van der Waals surface area contributed by atoms with E-state index < -0.39 is 22.4 Å². The molecule has 0 N–H and O–H groups in total. The maximum absolute atomic E-state index is 11.6. The summed E-state index contributed by atoms with van der Waals surface area (Å²) in [5, 5.41) is 1.41. The number of halogens is 8. The van der Waals surface area contributed by atoms with Crippen LogP contribution in [0.2, 0.25) is 0 Å². The minimum atomic E-state index is -10.7. The Morgan fingerprint density at radius 2 is 1.47 bits per heavy atom. The van der Waals surface area contributed by atoms with E-state index in [9.17, 15) is 32.6 Å². The number of hydrogen-bond donors (Lipinski definition) is 0. The molecule has 0 fully saturated rings. The van der Waals surface area contributed by atoms with E-state index in [4.69, 9.17) is 5.53 Å². The van der Waals surface area contributed by atoms with Crippen molar-refractivity contribution in [3.63, 3.8) is 0 Å². The van der Waals surface area contributed by atoms with Gasteiger partial charge in [0.05, 0.1) is 0 Å². The lowest BCUT2D eigenvalue weighted by Gasteiger charge is -2.35. The number of azide groups is 1. The molecule has 0 unspecified atom stereocenters. The van der Waals surface area contributed by atoms with Crippen LogP contribution in [0.5, 0.6) is 0 Å². The van der Waals surface area contributed by atoms with Crippen molar-refractivity contribution in [2.75, 3.05) is 0 Å². The van der Waals surface area contributed by atoms with Crippen LogP contribution in [0.25, 0.3) is 10.4 Å². The first kappa shape index (κ1) is 13.8. The summed E-state index contributed by atoms with van der Waals surface area (Å²) < 4.78 is 92.2. The molecule has 0 bridgehead atoms. The molecule has 0 atom stereocenters. The van der Waals surface area contributed by atoms with Crippen molar-refractivity contribution in [3.8, 4) is 0 Å².